The molecule has 2 aliphatic rings. The Balaban J connectivity index is 1.61. The zero-order valence-corrected chi connectivity index (χ0v) is 14.9. The van der Waals surface area contributed by atoms with Crippen LogP contribution in [-0.4, -0.2) is 10.7 Å². The van der Waals surface area contributed by atoms with Crippen molar-refractivity contribution in [3.63, 3.8) is 0 Å². The van der Waals surface area contributed by atoms with Gasteiger partial charge in [-0.15, -0.1) is 11.3 Å². The molecule has 0 fully saturated rings. The second-order valence-corrected chi connectivity index (χ2v) is 7.60. The van der Waals surface area contributed by atoms with Gasteiger partial charge in [-0.2, -0.15) is 5.10 Å². The minimum atomic E-state index is -0.195. The topological polar surface area (TPSA) is 24.8 Å². The normalized spacial score (nSPS) is 21.3. The highest BCUT2D eigenvalue weighted by Crippen LogP contribution is 2.48. The van der Waals surface area contributed by atoms with Crippen LogP contribution in [0, 0.1) is 0 Å². The monoisotopic (exact) mass is 366 g/mol. The van der Waals surface area contributed by atoms with E-state index in [-0.39, 0.29) is 12.3 Å². The van der Waals surface area contributed by atoms with Crippen LogP contribution in [0.25, 0.3) is 0 Å². The quantitative estimate of drug-likeness (QED) is 0.586. The van der Waals surface area contributed by atoms with Crippen LogP contribution in [0.2, 0.25) is 5.02 Å². The fourth-order valence-electron chi connectivity index (χ4n) is 3.48. The maximum Gasteiger partial charge on any atom is 0.222 e. The fraction of sp³-hybridized carbons (Fsp3) is 0.150. The van der Waals surface area contributed by atoms with Gasteiger partial charge in [0.25, 0.3) is 0 Å². The average molecular weight is 367 g/mol. The van der Waals surface area contributed by atoms with E-state index >= 15 is 0 Å². The van der Waals surface area contributed by atoms with E-state index in [0.29, 0.717) is 0 Å². The molecule has 3 heterocycles. The molecule has 0 N–H and O–H groups in total. The van der Waals surface area contributed by atoms with Crippen molar-refractivity contribution < 1.29 is 4.74 Å². The summed E-state index contributed by atoms with van der Waals surface area (Å²) in [5.74, 6) is 0.897. The third-order valence-corrected chi connectivity index (χ3v) is 5.78. The number of halogens is 1. The Hall–Kier alpha value is -2.30. The number of ether oxygens (including phenoxy) is 1. The van der Waals surface area contributed by atoms with E-state index < -0.39 is 0 Å². The Morgan fingerprint density at radius 2 is 1.96 bits per heavy atom. The molecule has 2 aromatic carbocycles. The smallest absolute Gasteiger partial charge is 0.222 e. The lowest BCUT2D eigenvalue weighted by atomic mass is 9.96. The number of nitrogens with zero attached hydrogens (tertiary/aromatic N) is 2. The Morgan fingerprint density at radius 1 is 1.08 bits per heavy atom. The molecule has 2 atom stereocenters. The molecule has 3 nitrogen and oxygen atoms in total. The van der Waals surface area contributed by atoms with Gasteiger partial charge >= 0.3 is 0 Å². The van der Waals surface area contributed by atoms with E-state index in [1.807, 2.05) is 42.5 Å². The van der Waals surface area contributed by atoms with Gasteiger partial charge in [0, 0.05) is 17.0 Å². The third-order valence-electron chi connectivity index (χ3n) is 4.65. The van der Waals surface area contributed by atoms with Gasteiger partial charge in [-0.05, 0) is 35.2 Å². The van der Waals surface area contributed by atoms with Gasteiger partial charge in [0.05, 0.1) is 16.6 Å². The maximum atomic E-state index is 6.30. The van der Waals surface area contributed by atoms with Gasteiger partial charge in [0.2, 0.25) is 6.23 Å². The number of benzene rings is 2. The summed E-state index contributed by atoms with van der Waals surface area (Å²) in [4.78, 5) is 1.16. The number of thiophene rings is 1. The first kappa shape index (κ1) is 15.0. The van der Waals surface area contributed by atoms with E-state index in [1.165, 1.54) is 0 Å². The molecule has 5 heteroatoms. The predicted molar refractivity (Wildman–Crippen MR) is 101 cm³/mol. The highest BCUT2D eigenvalue weighted by atomic mass is 35.5. The highest BCUT2D eigenvalue weighted by Gasteiger charge is 2.41. The highest BCUT2D eigenvalue weighted by molar-refractivity contribution is 7.10. The molecule has 2 aliphatic heterocycles. The Bertz CT molecular complexity index is 940. The summed E-state index contributed by atoms with van der Waals surface area (Å²) < 4.78 is 6.30. The predicted octanol–water partition coefficient (Wildman–Crippen LogP) is 5.64. The SMILES string of the molecule is Clc1ccc2c(c1)C1CC(c3ccccc3)=NN1C(c1cccs1)O2. The Labute approximate surface area is 155 Å². The van der Waals surface area contributed by atoms with Crippen LogP contribution < -0.4 is 4.74 Å². The van der Waals surface area contributed by atoms with Gasteiger partial charge in [0.1, 0.15) is 5.75 Å². The number of hydrazone groups is 1. The summed E-state index contributed by atoms with van der Waals surface area (Å²) in [7, 11) is 0. The van der Waals surface area contributed by atoms with Gasteiger partial charge in [-0.1, -0.05) is 48.0 Å². The van der Waals surface area contributed by atoms with Crippen molar-refractivity contribution in [2.75, 3.05) is 0 Å². The van der Waals surface area contributed by atoms with Gasteiger partial charge in [-0.3, -0.25) is 0 Å². The van der Waals surface area contributed by atoms with Gasteiger partial charge < -0.3 is 4.74 Å². The summed E-state index contributed by atoms with van der Waals surface area (Å²) in [6, 6.07) is 20.5. The van der Waals surface area contributed by atoms with E-state index in [0.717, 1.165) is 38.9 Å². The molecule has 3 aromatic rings. The largest absolute Gasteiger partial charge is 0.464 e. The molecule has 124 valence electrons. The first-order valence-electron chi connectivity index (χ1n) is 8.20. The van der Waals surface area contributed by atoms with E-state index in [9.17, 15) is 0 Å². The van der Waals surface area contributed by atoms with Crippen molar-refractivity contribution in [1.29, 1.82) is 0 Å². The van der Waals surface area contributed by atoms with Crippen LogP contribution in [0.3, 0.4) is 0 Å². The number of fused-ring (bicyclic) bond motifs is 3. The summed E-state index contributed by atoms with van der Waals surface area (Å²) in [6.07, 6.45) is 0.655. The van der Waals surface area contributed by atoms with E-state index in [2.05, 4.69) is 28.6 Å². The van der Waals surface area contributed by atoms with Crippen molar-refractivity contribution in [2.24, 2.45) is 5.10 Å². The molecule has 0 saturated carbocycles. The molecule has 5 rings (SSSR count). The molecule has 1 aromatic heterocycles. The molecule has 0 saturated heterocycles. The van der Waals surface area contributed by atoms with Crippen molar-refractivity contribution in [3.05, 3.63) is 87.1 Å². The lowest BCUT2D eigenvalue weighted by Crippen LogP contribution is -2.33. The van der Waals surface area contributed by atoms with E-state index in [4.69, 9.17) is 21.4 Å². The first-order chi connectivity index (χ1) is 12.3. The molecule has 0 amide bonds. The van der Waals surface area contributed by atoms with Crippen molar-refractivity contribution >= 4 is 28.6 Å². The van der Waals surface area contributed by atoms with Crippen molar-refractivity contribution in [2.45, 2.75) is 18.7 Å². The van der Waals surface area contributed by atoms with Crippen LogP contribution in [0.1, 0.15) is 34.7 Å². The fourth-order valence-corrected chi connectivity index (χ4v) is 4.41. The first-order valence-corrected chi connectivity index (χ1v) is 9.46. The summed E-state index contributed by atoms with van der Waals surface area (Å²) in [6.45, 7) is 0. The van der Waals surface area contributed by atoms with E-state index in [1.54, 1.807) is 11.3 Å². The standard InChI is InChI=1S/C20H15ClN2OS/c21-14-8-9-18-15(11-14)17-12-16(13-5-2-1-3-6-13)22-23(17)20(24-18)19-7-4-10-25-19/h1-11,17,20H,12H2. The Kier molecular flexibility index (Phi) is 3.54. The third kappa shape index (κ3) is 2.53. The average Bonchev–Trinajstić information content (AvgIpc) is 3.32. The van der Waals surface area contributed by atoms with Crippen LogP contribution in [-0.2, 0) is 0 Å². The molecular weight excluding hydrogens is 352 g/mol. The van der Waals surface area contributed by atoms with Gasteiger partial charge in [-0.25, -0.2) is 5.01 Å². The van der Waals surface area contributed by atoms with Crippen molar-refractivity contribution in [3.8, 4) is 5.75 Å². The minimum Gasteiger partial charge on any atom is -0.464 e. The second-order valence-electron chi connectivity index (χ2n) is 6.18. The number of hydrogen-bond donors (Lipinski definition) is 0. The molecule has 0 bridgehead atoms. The number of rotatable bonds is 2. The summed E-state index contributed by atoms with van der Waals surface area (Å²) in [5.41, 5.74) is 3.35. The van der Waals surface area contributed by atoms with Crippen LogP contribution in [0.4, 0.5) is 0 Å². The Morgan fingerprint density at radius 3 is 2.76 bits per heavy atom. The lowest BCUT2D eigenvalue weighted by molar-refractivity contribution is -0.0165. The maximum absolute atomic E-state index is 6.30. The molecular formula is C20H15ClN2OS. The zero-order valence-electron chi connectivity index (χ0n) is 13.3. The summed E-state index contributed by atoms with van der Waals surface area (Å²) in [5, 5.41) is 9.82. The van der Waals surface area contributed by atoms with Crippen LogP contribution >= 0.6 is 22.9 Å². The van der Waals surface area contributed by atoms with Crippen LogP contribution in [0.5, 0.6) is 5.75 Å². The van der Waals surface area contributed by atoms with Crippen molar-refractivity contribution in [1.82, 2.24) is 5.01 Å². The number of hydrogen-bond acceptors (Lipinski definition) is 4. The molecule has 0 spiro atoms. The zero-order chi connectivity index (χ0) is 16.8. The van der Waals surface area contributed by atoms with Crippen LogP contribution in [0.15, 0.2) is 71.1 Å². The molecule has 0 radical (unpaired) electrons. The van der Waals surface area contributed by atoms with Gasteiger partial charge in [0.15, 0.2) is 0 Å². The molecule has 0 aliphatic carbocycles. The molecule has 25 heavy (non-hydrogen) atoms. The molecule has 2 unspecified atom stereocenters. The second kappa shape index (κ2) is 5.90. The lowest BCUT2D eigenvalue weighted by Gasteiger charge is -2.37. The minimum absolute atomic E-state index is 0.143. The summed E-state index contributed by atoms with van der Waals surface area (Å²) >= 11 is 7.94.